The maximum Gasteiger partial charge on any atom is 0.170 e. The van der Waals surface area contributed by atoms with Crippen LogP contribution in [0.15, 0.2) is 12.1 Å². The minimum Gasteiger partial charge on any atom is -0.481 e. The molecule has 294 valence electrons. The molecule has 1 aliphatic rings. The molecule has 0 amide bonds. The first-order valence-electron chi connectivity index (χ1n) is 20.9. The van der Waals surface area contributed by atoms with Gasteiger partial charge >= 0.3 is 0 Å². The highest BCUT2D eigenvalue weighted by Gasteiger charge is 2.45. The van der Waals surface area contributed by atoms with Crippen LogP contribution in [0.1, 0.15) is 188 Å². The number of nitrogens with zero attached hydrogens (tertiary/aromatic N) is 2. The molecule has 2 atom stereocenters. The molecule has 8 heteroatoms. The average molecular weight is 785 g/mol. The van der Waals surface area contributed by atoms with Crippen LogP contribution in [-0.2, 0) is 16.4 Å². The van der Waals surface area contributed by atoms with Crippen molar-refractivity contribution in [2.75, 3.05) is 0 Å². The minimum atomic E-state index is -0.801. The Labute approximate surface area is 332 Å². The quantitative estimate of drug-likeness (QED) is 0.0789. The summed E-state index contributed by atoms with van der Waals surface area (Å²) in [5.74, 6) is 0.693. The van der Waals surface area contributed by atoms with Crippen molar-refractivity contribution in [1.82, 2.24) is 8.75 Å². The number of hydrogen-bond acceptors (Lipinski definition) is 6. The minimum absolute atomic E-state index is 0.0488. The molecule has 0 saturated carbocycles. The summed E-state index contributed by atoms with van der Waals surface area (Å²) in [6.07, 6.45) is 17.3. The summed E-state index contributed by atoms with van der Waals surface area (Å²) >= 11 is 4.49. The van der Waals surface area contributed by atoms with Crippen LogP contribution < -0.4 is 4.74 Å². The number of unbranched alkanes of at least 4 members (excludes halogenated alkanes) is 5. The van der Waals surface area contributed by atoms with Crippen LogP contribution in [-0.4, -0.2) is 8.75 Å². The van der Waals surface area contributed by atoms with Crippen molar-refractivity contribution < 1.29 is 13.5 Å². The van der Waals surface area contributed by atoms with E-state index < -0.39 is 22.7 Å². The number of benzene rings is 1. The van der Waals surface area contributed by atoms with Crippen LogP contribution in [0.2, 0.25) is 0 Å². The molecule has 5 rings (SSSR count). The third kappa shape index (κ3) is 8.60. The van der Waals surface area contributed by atoms with Gasteiger partial charge in [0.15, 0.2) is 11.6 Å². The number of rotatable bonds is 21. The van der Waals surface area contributed by atoms with Crippen LogP contribution >= 0.6 is 34.4 Å². The van der Waals surface area contributed by atoms with Crippen molar-refractivity contribution in [2.24, 2.45) is 11.8 Å². The normalized spacial score (nSPS) is 16.7. The molecule has 0 spiro atoms. The lowest BCUT2D eigenvalue weighted by atomic mass is 9.76. The fraction of sp³-hybridized carbons (Fsp3) is 0.689. The molecule has 4 heterocycles. The zero-order valence-electron chi connectivity index (χ0n) is 34.4. The highest BCUT2D eigenvalue weighted by atomic mass is 32.1. The monoisotopic (exact) mass is 784 g/mol. The molecule has 0 aliphatic carbocycles. The van der Waals surface area contributed by atoms with Gasteiger partial charge in [0.2, 0.25) is 0 Å². The second kappa shape index (κ2) is 17.9. The Hall–Kier alpha value is -1.90. The third-order valence-electron chi connectivity index (χ3n) is 13.0. The lowest BCUT2D eigenvalue weighted by molar-refractivity contribution is 0.0359. The molecule has 0 radical (unpaired) electrons. The summed E-state index contributed by atoms with van der Waals surface area (Å²) in [5, 5.41) is 0. The molecule has 53 heavy (non-hydrogen) atoms. The van der Waals surface area contributed by atoms with Gasteiger partial charge in [-0.2, -0.15) is 8.75 Å². The lowest BCUT2D eigenvalue weighted by Gasteiger charge is -2.39. The van der Waals surface area contributed by atoms with Crippen molar-refractivity contribution in [3.8, 4) is 25.9 Å². The topological polar surface area (TPSA) is 35.0 Å². The van der Waals surface area contributed by atoms with Gasteiger partial charge in [0.25, 0.3) is 0 Å². The Morgan fingerprint density at radius 2 is 1.38 bits per heavy atom. The van der Waals surface area contributed by atoms with Crippen molar-refractivity contribution in [3.63, 3.8) is 0 Å². The Morgan fingerprint density at radius 1 is 0.717 bits per heavy atom. The van der Waals surface area contributed by atoms with Crippen LogP contribution in [0, 0.1) is 23.5 Å². The van der Waals surface area contributed by atoms with Gasteiger partial charge in [0.1, 0.15) is 22.4 Å². The van der Waals surface area contributed by atoms with Crippen LogP contribution in [0.25, 0.3) is 31.2 Å². The molecule has 0 fully saturated rings. The average Bonchev–Trinajstić information content (AvgIpc) is 3.91. The molecular weight excluding hydrogens is 719 g/mol. The third-order valence-corrected chi connectivity index (χ3v) is 16.3. The van der Waals surface area contributed by atoms with E-state index in [9.17, 15) is 0 Å². The predicted octanol–water partition coefficient (Wildman–Crippen LogP) is 16.2. The Kier molecular flexibility index (Phi) is 14.3. The maximum atomic E-state index is 16.8. The second-order valence-electron chi connectivity index (χ2n) is 17.1. The zero-order chi connectivity index (χ0) is 38.6. The van der Waals surface area contributed by atoms with Gasteiger partial charge in [-0.05, 0) is 80.8 Å². The molecule has 3 nitrogen and oxygen atoms in total. The zero-order valence-corrected chi connectivity index (χ0v) is 36.9. The maximum absolute atomic E-state index is 16.8. The predicted molar refractivity (Wildman–Crippen MR) is 227 cm³/mol. The highest BCUT2D eigenvalue weighted by molar-refractivity contribution is 7.24. The van der Waals surface area contributed by atoms with Crippen LogP contribution in [0.4, 0.5) is 8.78 Å². The van der Waals surface area contributed by atoms with E-state index in [2.05, 4.69) is 69.3 Å². The van der Waals surface area contributed by atoms with Crippen LogP contribution in [0.5, 0.6) is 5.75 Å². The van der Waals surface area contributed by atoms with Gasteiger partial charge in [-0.25, -0.2) is 8.78 Å². The number of hydrogen-bond donors (Lipinski definition) is 0. The summed E-state index contributed by atoms with van der Waals surface area (Å²) in [4.78, 5) is 4.37. The number of fused-ring (bicyclic) bond motifs is 4. The Balaban J connectivity index is 1.68. The summed E-state index contributed by atoms with van der Waals surface area (Å²) in [6.45, 7) is 22.3. The fourth-order valence-electron chi connectivity index (χ4n) is 8.30. The molecule has 1 aliphatic heterocycles. The van der Waals surface area contributed by atoms with E-state index in [0.717, 1.165) is 76.2 Å². The lowest BCUT2D eigenvalue weighted by Crippen LogP contribution is -2.36. The largest absolute Gasteiger partial charge is 0.481 e. The first-order valence-corrected chi connectivity index (χ1v) is 23.3. The smallest absolute Gasteiger partial charge is 0.170 e. The molecule has 0 saturated heterocycles. The fourth-order valence-corrected chi connectivity index (χ4v) is 11.7. The number of thiophene rings is 2. The van der Waals surface area contributed by atoms with E-state index in [1.165, 1.54) is 56.2 Å². The number of halogens is 2. The highest BCUT2D eigenvalue weighted by Crippen LogP contribution is 2.59. The molecule has 4 aromatic rings. The van der Waals surface area contributed by atoms with E-state index in [0.29, 0.717) is 41.3 Å². The van der Waals surface area contributed by atoms with Gasteiger partial charge in [-0.15, -0.1) is 22.7 Å². The van der Waals surface area contributed by atoms with E-state index >= 15 is 8.78 Å². The van der Waals surface area contributed by atoms with Gasteiger partial charge < -0.3 is 4.74 Å². The van der Waals surface area contributed by atoms with E-state index in [1.807, 2.05) is 32.1 Å². The molecule has 0 N–H and O–H groups in total. The second-order valence-corrected chi connectivity index (χ2v) is 19.7. The van der Waals surface area contributed by atoms with Gasteiger partial charge in [-0.3, -0.25) is 0 Å². The van der Waals surface area contributed by atoms with Crippen LogP contribution in [0.3, 0.4) is 0 Å². The van der Waals surface area contributed by atoms with Gasteiger partial charge in [0, 0.05) is 26.3 Å². The standard InChI is InChI=1S/C45H66F2N2OS3/c1-11-16-17-18-19-20-25-45(26-24-30(8)23-21-22-29(6)7)31-27-33(51-41(31)42-32(50-45)28-34(52-42)43(9,12-2)13-3)35-37(46)38(47)36(44(10,14-4)15-5)40-39(35)48-53-49-40/h27-30H,11-26H2,1-10H3. The van der Waals surface area contributed by atoms with E-state index in [4.69, 9.17) is 4.74 Å². The molecule has 2 unspecified atom stereocenters. The number of aromatic nitrogens is 2. The van der Waals surface area contributed by atoms with Gasteiger partial charge in [-0.1, -0.05) is 121 Å². The SMILES string of the molecule is CCCCCCCCC1(CCC(C)CCCC(C)C)Oc2cc(C(C)(CC)CC)sc2-c2sc(-c3c(F)c(F)c(C(C)(CC)CC)c4nsnc34)cc21. The van der Waals surface area contributed by atoms with Crippen molar-refractivity contribution in [2.45, 2.75) is 188 Å². The van der Waals surface area contributed by atoms with E-state index in [-0.39, 0.29) is 11.0 Å². The summed E-state index contributed by atoms with van der Waals surface area (Å²) < 4.78 is 50.0. The molecule has 3 aromatic heterocycles. The molecular formula is C45H66F2N2OS3. The van der Waals surface area contributed by atoms with Crippen molar-refractivity contribution in [3.05, 3.63) is 39.8 Å². The van der Waals surface area contributed by atoms with E-state index in [1.54, 1.807) is 11.3 Å². The summed E-state index contributed by atoms with van der Waals surface area (Å²) in [6, 6.07) is 4.49. The molecule has 0 bridgehead atoms. The number of ether oxygens (including phenoxy) is 1. The first kappa shape index (κ1) is 42.2. The summed E-state index contributed by atoms with van der Waals surface area (Å²) in [7, 11) is 0. The molecule has 1 aromatic carbocycles. The van der Waals surface area contributed by atoms with Crippen molar-refractivity contribution >= 4 is 45.4 Å². The Bertz CT molecular complexity index is 1800. The Morgan fingerprint density at radius 3 is 2.04 bits per heavy atom. The van der Waals surface area contributed by atoms with Crippen molar-refractivity contribution in [1.29, 1.82) is 0 Å². The van der Waals surface area contributed by atoms with Gasteiger partial charge in [0.05, 0.1) is 27.0 Å². The summed E-state index contributed by atoms with van der Waals surface area (Å²) in [5.41, 5.74) is 1.75. The first-order chi connectivity index (χ1) is 25.3.